The Balaban J connectivity index is 1.98. The van der Waals surface area contributed by atoms with Gasteiger partial charge in [0.15, 0.2) is 6.10 Å². The van der Waals surface area contributed by atoms with Gasteiger partial charge in [-0.1, -0.05) is 19.1 Å². The first-order chi connectivity index (χ1) is 12.5. The molecule has 0 aliphatic heterocycles. The van der Waals surface area contributed by atoms with Crippen molar-refractivity contribution in [3.8, 4) is 11.8 Å². The number of nitrogens with zero attached hydrogens (tertiary/aromatic N) is 1. The predicted octanol–water partition coefficient (Wildman–Crippen LogP) is 3.70. The summed E-state index contributed by atoms with van der Waals surface area (Å²) in [6.45, 7) is 3.56. The van der Waals surface area contributed by atoms with Gasteiger partial charge in [0.05, 0.1) is 11.6 Å². The Hall–Kier alpha value is -3.33. The number of carbonyl (C=O) groups excluding carboxylic acids is 2. The molecule has 0 heterocycles. The van der Waals surface area contributed by atoms with Crippen LogP contribution in [0, 0.1) is 11.3 Å². The zero-order valence-corrected chi connectivity index (χ0v) is 14.8. The molecule has 2 rings (SSSR count). The lowest BCUT2D eigenvalue weighted by Gasteiger charge is -2.15. The molecule has 1 unspecified atom stereocenters. The van der Waals surface area contributed by atoms with E-state index in [1.807, 2.05) is 13.0 Å². The topological polar surface area (TPSA) is 91.2 Å². The lowest BCUT2D eigenvalue weighted by molar-refractivity contribution is -0.122. The SMILES string of the molecule is CCCC(=O)Nc1cccc(NC(=O)C(C)Oc2cccc(C#N)c2)c1. The Morgan fingerprint density at radius 2 is 1.81 bits per heavy atom. The number of anilines is 2. The van der Waals surface area contributed by atoms with E-state index in [4.69, 9.17) is 10.00 Å². The van der Waals surface area contributed by atoms with Gasteiger partial charge in [-0.15, -0.1) is 0 Å². The van der Waals surface area contributed by atoms with E-state index in [0.29, 0.717) is 29.1 Å². The molecular formula is C20H21N3O3. The van der Waals surface area contributed by atoms with Gasteiger partial charge in [-0.05, 0) is 49.7 Å². The van der Waals surface area contributed by atoms with E-state index in [9.17, 15) is 9.59 Å². The van der Waals surface area contributed by atoms with E-state index in [2.05, 4.69) is 10.6 Å². The molecule has 0 aliphatic rings. The van der Waals surface area contributed by atoms with Crippen LogP contribution in [0.15, 0.2) is 48.5 Å². The van der Waals surface area contributed by atoms with Gasteiger partial charge >= 0.3 is 0 Å². The second-order valence-corrected chi connectivity index (χ2v) is 5.77. The Bertz CT molecular complexity index is 827. The molecule has 6 nitrogen and oxygen atoms in total. The molecular weight excluding hydrogens is 330 g/mol. The highest BCUT2D eigenvalue weighted by molar-refractivity contribution is 5.96. The summed E-state index contributed by atoms with van der Waals surface area (Å²) in [7, 11) is 0. The molecule has 0 saturated carbocycles. The maximum atomic E-state index is 12.3. The molecule has 1 atom stereocenters. The fourth-order valence-electron chi connectivity index (χ4n) is 2.27. The third-order valence-corrected chi connectivity index (χ3v) is 3.54. The van der Waals surface area contributed by atoms with E-state index >= 15 is 0 Å². The number of amides is 2. The molecule has 0 fully saturated rings. The van der Waals surface area contributed by atoms with Gasteiger partial charge in [-0.2, -0.15) is 5.26 Å². The van der Waals surface area contributed by atoms with Crippen molar-refractivity contribution >= 4 is 23.2 Å². The van der Waals surface area contributed by atoms with Crippen LogP contribution in [-0.2, 0) is 9.59 Å². The molecule has 0 radical (unpaired) electrons. The quantitative estimate of drug-likeness (QED) is 0.795. The van der Waals surface area contributed by atoms with Crippen molar-refractivity contribution in [3.05, 3.63) is 54.1 Å². The van der Waals surface area contributed by atoms with Crippen LogP contribution in [0.4, 0.5) is 11.4 Å². The fourth-order valence-corrected chi connectivity index (χ4v) is 2.27. The molecule has 2 N–H and O–H groups in total. The molecule has 134 valence electrons. The molecule has 0 aromatic heterocycles. The number of hydrogen-bond acceptors (Lipinski definition) is 4. The van der Waals surface area contributed by atoms with Gasteiger partial charge in [0.2, 0.25) is 5.91 Å². The van der Waals surface area contributed by atoms with Crippen molar-refractivity contribution in [2.75, 3.05) is 10.6 Å². The van der Waals surface area contributed by atoms with Crippen LogP contribution in [0.2, 0.25) is 0 Å². The summed E-state index contributed by atoms with van der Waals surface area (Å²) < 4.78 is 5.58. The van der Waals surface area contributed by atoms with Gasteiger partial charge in [0.25, 0.3) is 5.91 Å². The third-order valence-electron chi connectivity index (χ3n) is 3.54. The van der Waals surface area contributed by atoms with Crippen LogP contribution >= 0.6 is 0 Å². The lowest BCUT2D eigenvalue weighted by atomic mass is 10.2. The molecule has 0 saturated heterocycles. The number of hydrogen-bond donors (Lipinski definition) is 2. The summed E-state index contributed by atoms with van der Waals surface area (Å²) in [5.74, 6) is 0.0572. The Labute approximate surface area is 152 Å². The average Bonchev–Trinajstić information content (AvgIpc) is 2.62. The third kappa shape index (κ3) is 5.64. The Kier molecular flexibility index (Phi) is 6.75. The predicted molar refractivity (Wildman–Crippen MR) is 99.9 cm³/mol. The highest BCUT2D eigenvalue weighted by atomic mass is 16.5. The second-order valence-electron chi connectivity index (χ2n) is 5.77. The summed E-state index contributed by atoms with van der Waals surface area (Å²) in [5, 5.41) is 14.4. The van der Waals surface area contributed by atoms with Crippen LogP contribution in [0.25, 0.3) is 0 Å². The normalized spacial score (nSPS) is 11.1. The minimum Gasteiger partial charge on any atom is -0.481 e. The van der Waals surface area contributed by atoms with E-state index < -0.39 is 6.10 Å². The Morgan fingerprint density at radius 3 is 2.50 bits per heavy atom. The van der Waals surface area contributed by atoms with Gasteiger partial charge in [0.1, 0.15) is 5.75 Å². The Morgan fingerprint density at radius 1 is 1.12 bits per heavy atom. The lowest BCUT2D eigenvalue weighted by Crippen LogP contribution is -2.30. The van der Waals surface area contributed by atoms with Crippen LogP contribution in [0.1, 0.15) is 32.3 Å². The van der Waals surface area contributed by atoms with Gasteiger partial charge < -0.3 is 15.4 Å². The van der Waals surface area contributed by atoms with E-state index in [-0.39, 0.29) is 11.8 Å². The first-order valence-corrected chi connectivity index (χ1v) is 8.39. The summed E-state index contributed by atoms with van der Waals surface area (Å²) in [5.41, 5.74) is 1.65. The number of nitrogens with one attached hydrogen (secondary N) is 2. The highest BCUT2D eigenvalue weighted by Gasteiger charge is 2.15. The maximum absolute atomic E-state index is 12.3. The van der Waals surface area contributed by atoms with Gasteiger partial charge in [0, 0.05) is 17.8 Å². The summed E-state index contributed by atoms with van der Waals surface area (Å²) >= 11 is 0. The summed E-state index contributed by atoms with van der Waals surface area (Å²) in [6, 6.07) is 15.6. The van der Waals surface area contributed by atoms with Crippen molar-refractivity contribution in [1.29, 1.82) is 5.26 Å². The average molecular weight is 351 g/mol. The summed E-state index contributed by atoms with van der Waals surface area (Å²) in [6.07, 6.45) is 0.468. The molecule has 2 amide bonds. The molecule has 6 heteroatoms. The van der Waals surface area contributed by atoms with Crippen molar-refractivity contribution in [2.45, 2.75) is 32.8 Å². The minimum absolute atomic E-state index is 0.0648. The monoisotopic (exact) mass is 351 g/mol. The van der Waals surface area contributed by atoms with Crippen molar-refractivity contribution in [2.24, 2.45) is 0 Å². The number of ether oxygens (including phenoxy) is 1. The number of nitriles is 1. The van der Waals surface area contributed by atoms with Crippen molar-refractivity contribution in [1.82, 2.24) is 0 Å². The first kappa shape index (κ1) is 19.0. The summed E-state index contributed by atoms with van der Waals surface area (Å²) in [4.78, 5) is 24.0. The molecule has 0 bridgehead atoms. The van der Waals surface area contributed by atoms with Crippen LogP contribution in [-0.4, -0.2) is 17.9 Å². The zero-order valence-electron chi connectivity index (χ0n) is 14.8. The van der Waals surface area contributed by atoms with Crippen LogP contribution in [0.5, 0.6) is 5.75 Å². The van der Waals surface area contributed by atoms with E-state index in [0.717, 1.165) is 6.42 Å². The highest BCUT2D eigenvalue weighted by Crippen LogP contribution is 2.18. The minimum atomic E-state index is -0.748. The molecule has 0 spiro atoms. The van der Waals surface area contributed by atoms with Crippen LogP contribution in [0.3, 0.4) is 0 Å². The smallest absolute Gasteiger partial charge is 0.265 e. The maximum Gasteiger partial charge on any atom is 0.265 e. The molecule has 0 aliphatic carbocycles. The molecule has 26 heavy (non-hydrogen) atoms. The van der Waals surface area contributed by atoms with E-state index in [1.165, 1.54) is 0 Å². The molecule has 2 aromatic carbocycles. The number of benzene rings is 2. The van der Waals surface area contributed by atoms with Gasteiger partial charge in [-0.3, -0.25) is 9.59 Å². The first-order valence-electron chi connectivity index (χ1n) is 8.39. The standard InChI is InChI=1S/C20H21N3O3/c1-3-6-19(24)22-16-8-5-9-17(12-16)23-20(25)14(2)26-18-10-4-7-15(11-18)13-21/h4-5,7-12,14H,3,6H2,1-2H3,(H,22,24)(H,23,25). The largest absolute Gasteiger partial charge is 0.481 e. The van der Waals surface area contributed by atoms with Crippen molar-refractivity contribution < 1.29 is 14.3 Å². The number of rotatable bonds is 7. The van der Waals surface area contributed by atoms with E-state index in [1.54, 1.807) is 55.5 Å². The number of carbonyl (C=O) groups is 2. The zero-order chi connectivity index (χ0) is 18.9. The fraction of sp³-hybridized carbons (Fsp3) is 0.250. The van der Waals surface area contributed by atoms with Crippen molar-refractivity contribution in [3.63, 3.8) is 0 Å². The second kappa shape index (κ2) is 9.23. The van der Waals surface area contributed by atoms with Gasteiger partial charge in [-0.25, -0.2) is 0 Å². The van der Waals surface area contributed by atoms with Crippen LogP contribution < -0.4 is 15.4 Å². The molecule has 2 aromatic rings.